The molecular weight excluding hydrogens is 306 g/mol. The third-order valence-electron chi connectivity index (χ3n) is 3.98. The van der Waals surface area contributed by atoms with Crippen molar-refractivity contribution in [3.05, 3.63) is 97.1 Å². The van der Waals surface area contributed by atoms with Crippen molar-refractivity contribution in [2.75, 3.05) is 5.32 Å². The van der Waals surface area contributed by atoms with Crippen LogP contribution in [-0.2, 0) is 0 Å². The molecule has 0 amide bonds. The van der Waals surface area contributed by atoms with E-state index in [0.717, 1.165) is 33.5 Å². The minimum Gasteiger partial charge on any atom is -0.354 e. The van der Waals surface area contributed by atoms with Crippen LogP contribution in [0.4, 0.5) is 22.7 Å². The average molecular weight is 323 g/mol. The molecule has 0 spiro atoms. The zero-order valence-electron chi connectivity index (χ0n) is 13.6. The Morgan fingerprint density at radius 1 is 0.560 bits per heavy atom. The van der Waals surface area contributed by atoms with Gasteiger partial charge in [0.1, 0.15) is 5.69 Å². The first-order valence-corrected chi connectivity index (χ1v) is 8.21. The monoisotopic (exact) mass is 323 g/mol. The second-order valence-electron chi connectivity index (χ2n) is 5.71. The van der Waals surface area contributed by atoms with Crippen molar-refractivity contribution in [2.45, 2.75) is 0 Å². The van der Waals surface area contributed by atoms with Gasteiger partial charge in [0.25, 0.3) is 0 Å². The molecule has 0 atom stereocenters. The first-order valence-electron chi connectivity index (χ1n) is 8.21. The summed E-state index contributed by atoms with van der Waals surface area (Å²) in [5.74, 6) is 0. The van der Waals surface area contributed by atoms with E-state index < -0.39 is 0 Å². The molecule has 0 unspecified atom stereocenters. The number of hydrogen-bond acceptors (Lipinski definition) is 3. The minimum absolute atomic E-state index is 0.834. The molecule has 4 aromatic rings. The predicted molar refractivity (Wildman–Crippen MR) is 104 cm³/mol. The summed E-state index contributed by atoms with van der Waals surface area (Å²) in [6.45, 7) is 0. The van der Waals surface area contributed by atoms with E-state index in [1.807, 2.05) is 72.8 Å². The Bertz CT molecular complexity index is 1010. The lowest BCUT2D eigenvalue weighted by Crippen LogP contribution is -1.90. The van der Waals surface area contributed by atoms with Crippen LogP contribution in [0.5, 0.6) is 0 Å². The first-order chi connectivity index (χ1) is 12.4. The fourth-order valence-corrected chi connectivity index (χ4v) is 2.74. The van der Waals surface area contributed by atoms with Crippen molar-refractivity contribution in [3.63, 3.8) is 0 Å². The Kier molecular flexibility index (Phi) is 4.21. The summed E-state index contributed by atoms with van der Waals surface area (Å²) in [7, 11) is 0. The minimum atomic E-state index is 0.834. The number of anilines is 2. The Labute approximate surface area is 146 Å². The number of benzene rings is 4. The molecule has 0 aliphatic rings. The molecule has 3 heteroatoms. The van der Waals surface area contributed by atoms with E-state index in [0.29, 0.717) is 0 Å². The molecule has 4 aromatic carbocycles. The van der Waals surface area contributed by atoms with E-state index in [9.17, 15) is 0 Å². The van der Waals surface area contributed by atoms with Crippen LogP contribution in [0.2, 0.25) is 0 Å². The van der Waals surface area contributed by atoms with Crippen LogP contribution in [0, 0.1) is 0 Å². The molecule has 3 nitrogen and oxygen atoms in total. The van der Waals surface area contributed by atoms with E-state index in [2.05, 4.69) is 39.8 Å². The number of fused-ring (bicyclic) bond motifs is 1. The van der Waals surface area contributed by atoms with Crippen LogP contribution in [0.15, 0.2) is 107 Å². The van der Waals surface area contributed by atoms with Crippen LogP contribution in [-0.4, -0.2) is 0 Å². The van der Waals surface area contributed by atoms with E-state index in [4.69, 9.17) is 0 Å². The summed E-state index contributed by atoms with van der Waals surface area (Å²) in [5.41, 5.74) is 3.63. The topological polar surface area (TPSA) is 36.8 Å². The molecule has 0 aliphatic heterocycles. The normalized spacial score (nSPS) is 11.0. The van der Waals surface area contributed by atoms with Crippen LogP contribution in [0.3, 0.4) is 0 Å². The molecule has 0 radical (unpaired) electrons. The smallest absolute Gasteiger partial charge is 0.117 e. The van der Waals surface area contributed by atoms with E-state index in [1.54, 1.807) is 0 Å². The lowest BCUT2D eigenvalue weighted by Gasteiger charge is -2.11. The summed E-state index contributed by atoms with van der Waals surface area (Å²) < 4.78 is 0. The molecular formula is C22H17N3. The Hall–Kier alpha value is -3.46. The van der Waals surface area contributed by atoms with Crippen molar-refractivity contribution in [1.29, 1.82) is 0 Å². The van der Waals surface area contributed by atoms with Crippen LogP contribution >= 0.6 is 0 Å². The van der Waals surface area contributed by atoms with Gasteiger partial charge in [-0.05, 0) is 35.7 Å². The van der Waals surface area contributed by atoms with Crippen molar-refractivity contribution >= 4 is 33.5 Å². The van der Waals surface area contributed by atoms with Crippen molar-refractivity contribution in [1.82, 2.24) is 0 Å². The van der Waals surface area contributed by atoms with Gasteiger partial charge in [-0.3, -0.25) is 0 Å². The first kappa shape index (κ1) is 15.1. The molecule has 0 saturated heterocycles. The Balaban J connectivity index is 1.81. The molecule has 0 aliphatic carbocycles. The fraction of sp³-hybridized carbons (Fsp3) is 0. The van der Waals surface area contributed by atoms with Crippen LogP contribution in [0.25, 0.3) is 10.8 Å². The second kappa shape index (κ2) is 6.97. The Morgan fingerprint density at radius 2 is 1.24 bits per heavy atom. The fourth-order valence-electron chi connectivity index (χ4n) is 2.74. The number of rotatable bonds is 4. The zero-order valence-corrected chi connectivity index (χ0v) is 13.6. The summed E-state index contributed by atoms with van der Waals surface area (Å²) in [6.07, 6.45) is 0. The number of nitrogens with zero attached hydrogens (tertiary/aromatic N) is 2. The summed E-state index contributed by atoms with van der Waals surface area (Å²) in [5, 5.41) is 14.6. The van der Waals surface area contributed by atoms with Crippen molar-refractivity contribution in [2.24, 2.45) is 10.2 Å². The van der Waals surface area contributed by atoms with Gasteiger partial charge >= 0.3 is 0 Å². The highest BCUT2D eigenvalue weighted by Gasteiger charge is 2.07. The maximum Gasteiger partial charge on any atom is 0.117 e. The van der Waals surface area contributed by atoms with E-state index in [1.165, 1.54) is 0 Å². The summed E-state index contributed by atoms with van der Waals surface area (Å²) >= 11 is 0. The van der Waals surface area contributed by atoms with Gasteiger partial charge in [-0.2, -0.15) is 5.11 Å². The largest absolute Gasteiger partial charge is 0.354 e. The third kappa shape index (κ3) is 3.40. The lowest BCUT2D eigenvalue weighted by molar-refractivity contribution is 1.24. The molecule has 120 valence electrons. The van der Waals surface area contributed by atoms with Crippen molar-refractivity contribution < 1.29 is 0 Å². The van der Waals surface area contributed by atoms with Crippen LogP contribution in [0.1, 0.15) is 0 Å². The molecule has 0 bridgehead atoms. The standard InChI is InChI=1S/C22H17N3/c1-3-10-18(11-4-1)23-21-16-15-17-9-7-8-14-20(17)22(21)25-24-19-12-5-2-6-13-19/h1-16,23H. The highest BCUT2D eigenvalue weighted by Crippen LogP contribution is 2.36. The van der Waals surface area contributed by atoms with Gasteiger partial charge in [0.15, 0.2) is 0 Å². The number of nitrogens with one attached hydrogen (secondary N) is 1. The summed E-state index contributed by atoms with van der Waals surface area (Å²) in [4.78, 5) is 0. The lowest BCUT2D eigenvalue weighted by atomic mass is 10.1. The average Bonchev–Trinajstić information content (AvgIpc) is 2.68. The predicted octanol–water partition coefficient (Wildman–Crippen LogP) is 7.00. The number of para-hydroxylation sites is 1. The molecule has 25 heavy (non-hydrogen) atoms. The van der Waals surface area contributed by atoms with Gasteiger partial charge in [0, 0.05) is 11.1 Å². The SMILES string of the molecule is c1ccc(N=Nc2c(Nc3ccccc3)ccc3ccccc23)cc1. The molecule has 4 rings (SSSR count). The zero-order chi connectivity index (χ0) is 16.9. The van der Waals surface area contributed by atoms with E-state index >= 15 is 0 Å². The highest BCUT2D eigenvalue weighted by molar-refractivity contribution is 5.99. The van der Waals surface area contributed by atoms with Gasteiger partial charge in [-0.1, -0.05) is 66.7 Å². The maximum absolute atomic E-state index is 4.56. The van der Waals surface area contributed by atoms with Crippen molar-refractivity contribution in [3.8, 4) is 0 Å². The summed E-state index contributed by atoms with van der Waals surface area (Å²) in [6, 6.07) is 32.2. The molecule has 0 saturated carbocycles. The third-order valence-corrected chi connectivity index (χ3v) is 3.98. The molecule has 0 aromatic heterocycles. The van der Waals surface area contributed by atoms with Gasteiger partial charge in [-0.25, -0.2) is 0 Å². The maximum atomic E-state index is 4.56. The quantitative estimate of drug-likeness (QED) is 0.403. The molecule has 0 heterocycles. The van der Waals surface area contributed by atoms with Gasteiger partial charge in [0.05, 0.1) is 11.4 Å². The van der Waals surface area contributed by atoms with E-state index in [-0.39, 0.29) is 0 Å². The van der Waals surface area contributed by atoms with Gasteiger partial charge in [-0.15, -0.1) is 5.11 Å². The molecule has 0 fully saturated rings. The van der Waals surface area contributed by atoms with Gasteiger partial charge < -0.3 is 5.32 Å². The Morgan fingerprint density at radius 3 is 2.04 bits per heavy atom. The second-order valence-corrected chi connectivity index (χ2v) is 5.71. The van der Waals surface area contributed by atoms with Gasteiger partial charge in [0.2, 0.25) is 0 Å². The number of azo groups is 1. The number of hydrogen-bond donors (Lipinski definition) is 1. The molecule has 1 N–H and O–H groups in total. The highest BCUT2D eigenvalue weighted by atomic mass is 15.1. The van der Waals surface area contributed by atoms with Crippen LogP contribution < -0.4 is 5.32 Å².